The van der Waals surface area contributed by atoms with Crippen LogP contribution in [0.2, 0.25) is 5.02 Å². The highest BCUT2D eigenvalue weighted by atomic mass is 79.9. The first-order valence-electron chi connectivity index (χ1n) is 5.44. The first-order valence-corrected chi connectivity index (χ1v) is 8.30. The summed E-state index contributed by atoms with van der Waals surface area (Å²) in [5, 5.41) is 6.48. The molecule has 0 aliphatic rings. The van der Waals surface area contributed by atoms with Crippen LogP contribution in [0.5, 0.6) is 0 Å². The Morgan fingerprint density at radius 3 is 2.82 bits per heavy atom. The van der Waals surface area contributed by atoms with Crippen LogP contribution in [0.25, 0.3) is 0 Å². The molecule has 2 heterocycles. The Labute approximate surface area is 123 Å². The van der Waals surface area contributed by atoms with E-state index in [4.69, 9.17) is 11.6 Å². The molecule has 2 rings (SSSR count). The smallest absolute Gasteiger partial charge is 0.0888 e. The van der Waals surface area contributed by atoms with Gasteiger partial charge in [0.2, 0.25) is 0 Å². The Balaban J connectivity index is 2.26. The van der Waals surface area contributed by atoms with Crippen molar-refractivity contribution in [2.45, 2.75) is 19.4 Å². The second kappa shape index (κ2) is 6.34. The summed E-state index contributed by atoms with van der Waals surface area (Å²) < 4.78 is 1.01. The van der Waals surface area contributed by atoms with Gasteiger partial charge >= 0.3 is 0 Å². The van der Waals surface area contributed by atoms with Crippen LogP contribution >= 0.6 is 50.2 Å². The third kappa shape index (κ3) is 3.32. The Kier molecular flexibility index (Phi) is 5.06. The molecule has 0 amide bonds. The molecule has 0 fully saturated rings. The van der Waals surface area contributed by atoms with E-state index in [1.165, 1.54) is 9.75 Å². The van der Waals surface area contributed by atoms with Gasteiger partial charge in [-0.2, -0.15) is 0 Å². The van der Waals surface area contributed by atoms with Gasteiger partial charge in [0.15, 0.2) is 0 Å². The molecule has 0 aromatic carbocycles. The molecule has 92 valence electrons. The van der Waals surface area contributed by atoms with E-state index in [0.29, 0.717) is 0 Å². The van der Waals surface area contributed by atoms with Crippen molar-refractivity contribution < 1.29 is 0 Å². The molecule has 0 radical (unpaired) electrons. The number of hydrogen-bond donors (Lipinski definition) is 1. The van der Waals surface area contributed by atoms with Crippen molar-refractivity contribution in [1.29, 1.82) is 0 Å². The van der Waals surface area contributed by atoms with Crippen LogP contribution < -0.4 is 5.32 Å². The number of rotatable bonds is 5. The second-order valence-electron chi connectivity index (χ2n) is 3.67. The molecule has 17 heavy (non-hydrogen) atoms. The molecule has 0 bridgehead atoms. The molecule has 1 unspecified atom stereocenters. The lowest BCUT2D eigenvalue weighted by atomic mass is 10.2. The van der Waals surface area contributed by atoms with Crippen LogP contribution in [0.1, 0.15) is 29.1 Å². The maximum absolute atomic E-state index is 6.11. The molecule has 0 spiro atoms. The van der Waals surface area contributed by atoms with Gasteiger partial charge in [-0.05, 0) is 46.4 Å². The summed E-state index contributed by atoms with van der Waals surface area (Å²) in [6.45, 7) is 3.19. The highest BCUT2D eigenvalue weighted by Crippen LogP contribution is 2.38. The molecule has 1 nitrogen and oxygen atoms in total. The Hall–Kier alpha value is 0.130. The average Bonchev–Trinajstić information content (AvgIpc) is 2.92. The fourth-order valence-electron chi connectivity index (χ4n) is 1.59. The molecule has 2 aromatic heterocycles. The summed E-state index contributed by atoms with van der Waals surface area (Å²) in [5.41, 5.74) is 0. The summed E-state index contributed by atoms with van der Waals surface area (Å²) in [7, 11) is 0. The maximum atomic E-state index is 6.11. The van der Waals surface area contributed by atoms with E-state index in [-0.39, 0.29) is 6.04 Å². The van der Waals surface area contributed by atoms with Crippen molar-refractivity contribution in [2.75, 3.05) is 6.54 Å². The topological polar surface area (TPSA) is 12.0 Å². The molecule has 2 aromatic rings. The van der Waals surface area contributed by atoms with Gasteiger partial charge in [0.25, 0.3) is 0 Å². The molecule has 0 aliphatic heterocycles. The molecule has 5 heteroatoms. The second-order valence-corrected chi connectivity index (χ2v) is 7.46. The van der Waals surface area contributed by atoms with Gasteiger partial charge in [0.1, 0.15) is 0 Å². The zero-order valence-electron chi connectivity index (χ0n) is 9.37. The highest BCUT2D eigenvalue weighted by molar-refractivity contribution is 9.11. The van der Waals surface area contributed by atoms with Crippen LogP contribution in [-0.2, 0) is 0 Å². The number of hydrogen-bond acceptors (Lipinski definition) is 3. The largest absolute Gasteiger partial charge is 0.305 e. The highest BCUT2D eigenvalue weighted by Gasteiger charge is 2.18. The third-order valence-electron chi connectivity index (χ3n) is 2.37. The zero-order valence-corrected chi connectivity index (χ0v) is 13.3. The van der Waals surface area contributed by atoms with Crippen molar-refractivity contribution in [3.8, 4) is 0 Å². The Morgan fingerprint density at radius 2 is 2.29 bits per heavy atom. The van der Waals surface area contributed by atoms with Gasteiger partial charge in [0.05, 0.1) is 14.9 Å². The van der Waals surface area contributed by atoms with Crippen molar-refractivity contribution in [3.05, 3.63) is 42.1 Å². The first kappa shape index (κ1) is 13.6. The fraction of sp³-hybridized carbons (Fsp3) is 0.333. The maximum Gasteiger partial charge on any atom is 0.0888 e. The number of nitrogens with one attached hydrogen (secondary N) is 1. The predicted molar refractivity (Wildman–Crippen MR) is 81.5 cm³/mol. The summed E-state index contributed by atoms with van der Waals surface area (Å²) in [5.74, 6) is 0. The van der Waals surface area contributed by atoms with E-state index in [2.05, 4.69) is 45.7 Å². The van der Waals surface area contributed by atoms with Crippen molar-refractivity contribution >= 4 is 50.2 Å². The van der Waals surface area contributed by atoms with E-state index in [9.17, 15) is 0 Å². The minimum atomic E-state index is 0.267. The van der Waals surface area contributed by atoms with Crippen LogP contribution in [0.15, 0.2) is 27.4 Å². The van der Waals surface area contributed by atoms with Crippen molar-refractivity contribution in [2.24, 2.45) is 0 Å². The lowest BCUT2D eigenvalue weighted by Crippen LogP contribution is -2.21. The number of halogens is 2. The minimum Gasteiger partial charge on any atom is -0.305 e. The van der Waals surface area contributed by atoms with E-state index in [0.717, 1.165) is 21.8 Å². The molecular weight excluding hydrogens is 338 g/mol. The summed E-state index contributed by atoms with van der Waals surface area (Å²) >= 11 is 13.1. The van der Waals surface area contributed by atoms with Gasteiger partial charge in [-0.25, -0.2) is 0 Å². The van der Waals surface area contributed by atoms with Crippen LogP contribution in [0.4, 0.5) is 0 Å². The lowest BCUT2D eigenvalue weighted by Gasteiger charge is -2.15. The predicted octanol–water partition coefficient (Wildman–Crippen LogP) is 5.31. The molecule has 1 atom stereocenters. The van der Waals surface area contributed by atoms with Crippen LogP contribution in [0, 0.1) is 0 Å². The minimum absolute atomic E-state index is 0.267. The van der Waals surface area contributed by atoms with Crippen LogP contribution in [-0.4, -0.2) is 6.54 Å². The molecule has 1 N–H and O–H groups in total. The molecule has 0 saturated carbocycles. The van der Waals surface area contributed by atoms with Crippen molar-refractivity contribution in [3.63, 3.8) is 0 Å². The average molecular weight is 351 g/mol. The van der Waals surface area contributed by atoms with E-state index >= 15 is 0 Å². The van der Waals surface area contributed by atoms with Gasteiger partial charge in [-0.15, -0.1) is 22.7 Å². The van der Waals surface area contributed by atoms with E-state index in [1.807, 2.05) is 6.07 Å². The van der Waals surface area contributed by atoms with Crippen molar-refractivity contribution in [1.82, 2.24) is 5.32 Å². The first-order chi connectivity index (χ1) is 8.22. The quantitative estimate of drug-likeness (QED) is 0.770. The number of thiophene rings is 2. The van der Waals surface area contributed by atoms with Gasteiger partial charge < -0.3 is 5.32 Å². The van der Waals surface area contributed by atoms with Gasteiger partial charge in [-0.1, -0.05) is 24.6 Å². The fourth-order valence-corrected chi connectivity index (χ4v) is 4.33. The molecule has 0 aliphatic carbocycles. The third-order valence-corrected chi connectivity index (χ3v) is 5.85. The molecular formula is C12H13BrClNS2. The van der Waals surface area contributed by atoms with E-state index < -0.39 is 0 Å². The lowest BCUT2D eigenvalue weighted by molar-refractivity contribution is 0.613. The molecule has 0 saturated heterocycles. The monoisotopic (exact) mass is 349 g/mol. The Morgan fingerprint density at radius 1 is 1.47 bits per heavy atom. The summed E-state index contributed by atoms with van der Waals surface area (Å²) in [6, 6.07) is 6.57. The van der Waals surface area contributed by atoms with Gasteiger partial charge in [0, 0.05) is 9.75 Å². The standard InChI is InChI=1S/C12H13BrClNS2/c1-2-5-15-11(9-4-3-6-16-9)10-7-8(14)12(13)17-10/h3-4,6-7,11,15H,2,5H2,1H3. The van der Waals surface area contributed by atoms with E-state index in [1.54, 1.807) is 22.7 Å². The van der Waals surface area contributed by atoms with Gasteiger partial charge in [-0.3, -0.25) is 0 Å². The van der Waals surface area contributed by atoms with Crippen LogP contribution in [0.3, 0.4) is 0 Å². The summed E-state index contributed by atoms with van der Waals surface area (Å²) in [6.07, 6.45) is 1.13. The summed E-state index contributed by atoms with van der Waals surface area (Å²) in [4.78, 5) is 2.60. The zero-order chi connectivity index (χ0) is 12.3. The SMILES string of the molecule is CCCNC(c1cccs1)c1cc(Cl)c(Br)s1. The Bertz CT molecular complexity index is 447. The normalized spacial score (nSPS) is 12.9.